The summed E-state index contributed by atoms with van der Waals surface area (Å²) in [4.78, 5) is 4.40. The van der Waals surface area contributed by atoms with Gasteiger partial charge in [0.15, 0.2) is 0 Å². The van der Waals surface area contributed by atoms with Crippen molar-refractivity contribution in [3.63, 3.8) is 0 Å². The first-order valence-corrected chi connectivity index (χ1v) is 7.74. The molecule has 4 nitrogen and oxygen atoms in total. The average molecular weight is 307 g/mol. The van der Waals surface area contributed by atoms with Crippen molar-refractivity contribution in [1.29, 1.82) is 0 Å². The number of hydrogen-bond donors (Lipinski definition) is 1. The SMILES string of the molecule is CNC(Cc1ccc(Cl)cc1)Cc1ncnn1CC(C)C. The van der Waals surface area contributed by atoms with Gasteiger partial charge >= 0.3 is 0 Å². The summed E-state index contributed by atoms with van der Waals surface area (Å²) >= 11 is 5.93. The molecule has 0 saturated carbocycles. The predicted molar refractivity (Wildman–Crippen MR) is 86.6 cm³/mol. The van der Waals surface area contributed by atoms with Crippen LogP contribution in [0.4, 0.5) is 0 Å². The van der Waals surface area contributed by atoms with Crippen molar-refractivity contribution in [2.24, 2.45) is 5.92 Å². The second kappa shape index (κ2) is 7.57. The molecule has 0 aliphatic heterocycles. The van der Waals surface area contributed by atoms with Gasteiger partial charge < -0.3 is 5.32 Å². The van der Waals surface area contributed by atoms with Gasteiger partial charge in [0.1, 0.15) is 12.2 Å². The third-order valence-electron chi connectivity index (χ3n) is 3.47. The van der Waals surface area contributed by atoms with E-state index in [1.807, 2.05) is 23.9 Å². The first-order chi connectivity index (χ1) is 10.1. The number of benzene rings is 1. The molecule has 21 heavy (non-hydrogen) atoms. The Morgan fingerprint density at radius 3 is 2.52 bits per heavy atom. The number of nitrogens with one attached hydrogen (secondary N) is 1. The summed E-state index contributed by atoms with van der Waals surface area (Å²) in [6.07, 6.45) is 3.46. The molecule has 2 aromatic rings. The first-order valence-electron chi connectivity index (χ1n) is 7.37. The van der Waals surface area contributed by atoms with Crippen LogP contribution in [0, 0.1) is 5.92 Å². The quantitative estimate of drug-likeness (QED) is 0.855. The van der Waals surface area contributed by atoms with Gasteiger partial charge in [-0.3, -0.25) is 0 Å². The summed E-state index contributed by atoms with van der Waals surface area (Å²) in [5.74, 6) is 1.60. The van der Waals surface area contributed by atoms with E-state index in [-0.39, 0.29) is 0 Å². The van der Waals surface area contributed by atoms with E-state index >= 15 is 0 Å². The Kier molecular flexibility index (Phi) is 5.76. The summed E-state index contributed by atoms with van der Waals surface area (Å²) in [7, 11) is 1.99. The predicted octanol–water partition coefficient (Wildman–Crippen LogP) is 2.96. The molecule has 0 saturated heterocycles. The first kappa shape index (κ1) is 16.0. The number of halogens is 1. The fraction of sp³-hybridized carbons (Fsp3) is 0.500. The summed E-state index contributed by atoms with van der Waals surface area (Å²) < 4.78 is 2.01. The van der Waals surface area contributed by atoms with Gasteiger partial charge in [-0.2, -0.15) is 5.10 Å². The number of aromatic nitrogens is 3. The van der Waals surface area contributed by atoms with E-state index in [0.717, 1.165) is 30.2 Å². The van der Waals surface area contributed by atoms with E-state index in [0.29, 0.717) is 12.0 Å². The van der Waals surface area contributed by atoms with Crippen molar-refractivity contribution in [2.75, 3.05) is 7.05 Å². The normalized spacial score (nSPS) is 12.8. The number of nitrogens with zero attached hydrogens (tertiary/aromatic N) is 3. The summed E-state index contributed by atoms with van der Waals surface area (Å²) in [6.45, 7) is 5.29. The lowest BCUT2D eigenvalue weighted by Gasteiger charge is -2.17. The minimum absolute atomic E-state index is 0.335. The molecule has 1 heterocycles. The lowest BCUT2D eigenvalue weighted by Crippen LogP contribution is -2.31. The maximum atomic E-state index is 5.93. The standard InChI is InChI=1S/C16H23ClN4/c1-12(2)10-21-16(19-11-20-21)9-15(18-3)8-13-4-6-14(17)7-5-13/h4-7,11-12,15,18H,8-10H2,1-3H3. The Morgan fingerprint density at radius 1 is 1.19 bits per heavy atom. The van der Waals surface area contributed by atoms with Crippen LogP contribution in [0.3, 0.4) is 0 Å². The lowest BCUT2D eigenvalue weighted by atomic mass is 10.0. The van der Waals surface area contributed by atoms with Crippen LogP contribution in [0.25, 0.3) is 0 Å². The van der Waals surface area contributed by atoms with Gasteiger partial charge in [0, 0.05) is 24.0 Å². The summed E-state index contributed by atoms with van der Waals surface area (Å²) in [6, 6.07) is 8.36. The van der Waals surface area contributed by atoms with Gasteiger partial charge in [0.2, 0.25) is 0 Å². The molecule has 1 aromatic heterocycles. The molecule has 5 heteroatoms. The highest BCUT2D eigenvalue weighted by molar-refractivity contribution is 6.30. The van der Waals surface area contributed by atoms with E-state index in [2.05, 4.69) is 41.4 Å². The summed E-state index contributed by atoms with van der Waals surface area (Å²) in [5, 5.41) is 8.47. The summed E-state index contributed by atoms with van der Waals surface area (Å²) in [5.41, 5.74) is 1.27. The second-order valence-corrected chi connectivity index (χ2v) is 6.21. The van der Waals surface area contributed by atoms with Crippen LogP contribution in [0.15, 0.2) is 30.6 Å². The van der Waals surface area contributed by atoms with E-state index in [1.165, 1.54) is 5.56 Å². The highest BCUT2D eigenvalue weighted by Gasteiger charge is 2.13. The molecular formula is C16H23ClN4. The fourth-order valence-corrected chi connectivity index (χ4v) is 2.47. The Balaban J connectivity index is 2.02. The van der Waals surface area contributed by atoms with Crippen molar-refractivity contribution < 1.29 is 0 Å². The number of hydrogen-bond acceptors (Lipinski definition) is 3. The van der Waals surface area contributed by atoms with E-state index in [4.69, 9.17) is 11.6 Å². The number of rotatable bonds is 7. The molecule has 0 amide bonds. The van der Waals surface area contributed by atoms with Crippen LogP contribution < -0.4 is 5.32 Å². The average Bonchev–Trinajstić information content (AvgIpc) is 2.87. The molecule has 2 rings (SSSR count). The molecule has 0 aliphatic rings. The van der Waals surface area contributed by atoms with Crippen molar-refractivity contribution in [3.8, 4) is 0 Å². The Morgan fingerprint density at radius 2 is 1.90 bits per heavy atom. The smallest absolute Gasteiger partial charge is 0.138 e. The van der Waals surface area contributed by atoms with Crippen LogP contribution in [0.1, 0.15) is 25.2 Å². The van der Waals surface area contributed by atoms with Crippen LogP contribution >= 0.6 is 11.6 Å². The van der Waals surface area contributed by atoms with Crippen molar-refractivity contribution in [3.05, 3.63) is 47.0 Å². The third kappa shape index (κ3) is 4.83. The molecule has 0 radical (unpaired) electrons. The van der Waals surface area contributed by atoms with Gasteiger partial charge in [-0.15, -0.1) is 0 Å². The Labute approximate surface area is 131 Å². The van der Waals surface area contributed by atoms with E-state index < -0.39 is 0 Å². The highest BCUT2D eigenvalue weighted by atomic mass is 35.5. The van der Waals surface area contributed by atoms with Gasteiger partial charge in [0.05, 0.1) is 0 Å². The zero-order valence-corrected chi connectivity index (χ0v) is 13.6. The lowest BCUT2D eigenvalue weighted by molar-refractivity contribution is 0.447. The highest BCUT2D eigenvalue weighted by Crippen LogP contribution is 2.13. The molecular weight excluding hydrogens is 284 g/mol. The largest absolute Gasteiger partial charge is 0.316 e. The van der Waals surface area contributed by atoms with Crippen LogP contribution in [-0.2, 0) is 19.4 Å². The van der Waals surface area contributed by atoms with Crippen LogP contribution in [-0.4, -0.2) is 27.9 Å². The zero-order chi connectivity index (χ0) is 15.2. The molecule has 0 spiro atoms. The number of likely N-dealkylation sites (N-methyl/N-ethyl adjacent to an activating group) is 1. The van der Waals surface area contributed by atoms with Gasteiger partial charge in [0.25, 0.3) is 0 Å². The van der Waals surface area contributed by atoms with Crippen molar-refractivity contribution in [1.82, 2.24) is 20.1 Å². The second-order valence-electron chi connectivity index (χ2n) is 5.77. The van der Waals surface area contributed by atoms with Gasteiger partial charge in [-0.25, -0.2) is 9.67 Å². The molecule has 1 aromatic carbocycles. The third-order valence-corrected chi connectivity index (χ3v) is 3.72. The van der Waals surface area contributed by atoms with Crippen molar-refractivity contribution in [2.45, 2.75) is 39.3 Å². The minimum Gasteiger partial charge on any atom is -0.316 e. The molecule has 0 bridgehead atoms. The molecule has 1 unspecified atom stereocenters. The van der Waals surface area contributed by atoms with E-state index in [1.54, 1.807) is 6.33 Å². The molecule has 0 aliphatic carbocycles. The maximum absolute atomic E-state index is 5.93. The van der Waals surface area contributed by atoms with Gasteiger partial charge in [-0.1, -0.05) is 37.6 Å². The fourth-order valence-electron chi connectivity index (χ4n) is 2.35. The van der Waals surface area contributed by atoms with Crippen molar-refractivity contribution >= 4 is 11.6 Å². The molecule has 1 N–H and O–H groups in total. The zero-order valence-electron chi connectivity index (χ0n) is 12.9. The van der Waals surface area contributed by atoms with Crippen LogP contribution in [0.5, 0.6) is 0 Å². The van der Waals surface area contributed by atoms with Gasteiger partial charge in [-0.05, 0) is 37.1 Å². The Bertz CT molecular complexity index is 548. The topological polar surface area (TPSA) is 42.7 Å². The maximum Gasteiger partial charge on any atom is 0.138 e. The molecule has 114 valence electrons. The molecule has 1 atom stereocenters. The van der Waals surface area contributed by atoms with Crippen LogP contribution in [0.2, 0.25) is 5.02 Å². The monoisotopic (exact) mass is 306 g/mol. The Hall–Kier alpha value is -1.39. The minimum atomic E-state index is 0.335. The molecule has 0 fully saturated rings. The van der Waals surface area contributed by atoms with E-state index in [9.17, 15) is 0 Å².